The Hall–Kier alpha value is -0.450. The first-order valence-electron chi connectivity index (χ1n) is 5.73. The van der Waals surface area contributed by atoms with Crippen LogP contribution in [0.25, 0.3) is 0 Å². The maximum atomic E-state index is 5.51. The van der Waals surface area contributed by atoms with Gasteiger partial charge in [-0.3, -0.25) is 4.98 Å². The smallest absolute Gasteiger partial charge is 0.0604 e. The van der Waals surface area contributed by atoms with E-state index in [0.29, 0.717) is 12.1 Å². The molecule has 0 bridgehead atoms. The Kier molecular flexibility index (Phi) is 4.32. The average molecular weight is 285 g/mol. The molecule has 1 N–H and O–H groups in total. The van der Waals surface area contributed by atoms with Gasteiger partial charge in [0.15, 0.2) is 0 Å². The summed E-state index contributed by atoms with van der Waals surface area (Å²) in [7, 11) is 0. The van der Waals surface area contributed by atoms with Crippen molar-refractivity contribution in [1.29, 1.82) is 0 Å². The van der Waals surface area contributed by atoms with Crippen molar-refractivity contribution >= 4 is 15.9 Å². The minimum atomic E-state index is 0.473. The van der Waals surface area contributed by atoms with Gasteiger partial charge in [0.1, 0.15) is 0 Å². The molecule has 1 aromatic rings. The second kappa shape index (κ2) is 5.75. The zero-order chi connectivity index (χ0) is 11.4. The molecule has 0 amide bonds. The maximum Gasteiger partial charge on any atom is 0.0604 e. The third-order valence-corrected chi connectivity index (χ3v) is 3.33. The largest absolute Gasteiger partial charge is 0.378 e. The van der Waals surface area contributed by atoms with Crippen LogP contribution >= 0.6 is 15.9 Å². The number of nitrogens with zero attached hydrogens (tertiary/aromatic N) is 1. The van der Waals surface area contributed by atoms with Crippen molar-refractivity contribution in [1.82, 2.24) is 10.3 Å². The van der Waals surface area contributed by atoms with Gasteiger partial charge in [-0.15, -0.1) is 0 Å². The second-order valence-corrected chi connectivity index (χ2v) is 5.01. The zero-order valence-electron chi connectivity index (χ0n) is 9.45. The molecule has 1 aliphatic rings. The molecular formula is C12H17BrN2O. The lowest BCUT2D eigenvalue weighted by Crippen LogP contribution is -2.45. The highest BCUT2D eigenvalue weighted by molar-refractivity contribution is 9.10. The maximum absolute atomic E-state index is 5.51. The van der Waals surface area contributed by atoms with Crippen LogP contribution in [0, 0.1) is 0 Å². The van der Waals surface area contributed by atoms with Gasteiger partial charge >= 0.3 is 0 Å². The molecule has 2 rings (SSSR count). The van der Waals surface area contributed by atoms with Crippen LogP contribution in [0.15, 0.2) is 22.8 Å². The van der Waals surface area contributed by atoms with E-state index in [1.807, 2.05) is 25.3 Å². The van der Waals surface area contributed by atoms with Gasteiger partial charge in [0.25, 0.3) is 0 Å². The lowest BCUT2D eigenvalue weighted by atomic mass is 9.89. The predicted octanol–water partition coefficient (Wildman–Crippen LogP) is 2.50. The average Bonchev–Trinajstić information content (AvgIpc) is 2.24. The summed E-state index contributed by atoms with van der Waals surface area (Å²) in [5.41, 5.74) is 1.09. The highest BCUT2D eigenvalue weighted by Crippen LogP contribution is 2.23. The molecule has 1 heterocycles. The summed E-state index contributed by atoms with van der Waals surface area (Å²) in [5, 5.41) is 3.49. The molecule has 1 saturated carbocycles. The molecule has 1 fully saturated rings. The lowest BCUT2D eigenvalue weighted by Gasteiger charge is -2.35. The lowest BCUT2D eigenvalue weighted by molar-refractivity contribution is -0.0103. The van der Waals surface area contributed by atoms with Crippen LogP contribution < -0.4 is 5.32 Å². The number of aromatic nitrogens is 1. The van der Waals surface area contributed by atoms with Crippen molar-refractivity contribution in [3.63, 3.8) is 0 Å². The summed E-state index contributed by atoms with van der Waals surface area (Å²) in [6.45, 7) is 3.72. The molecule has 0 unspecified atom stereocenters. The molecule has 0 aliphatic heterocycles. The molecule has 16 heavy (non-hydrogen) atoms. The van der Waals surface area contributed by atoms with E-state index in [-0.39, 0.29) is 0 Å². The summed E-state index contributed by atoms with van der Waals surface area (Å²) in [6.07, 6.45) is 4.57. The molecule has 0 radical (unpaired) electrons. The Morgan fingerprint density at radius 2 is 2.31 bits per heavy atom. The minimum absolute atomic E-state index is 0.473. The monoisotopic (exact) mass is 284 g/mol. The van der Waals surface area contributed by atoms with E-state index in [4.69, 9.17) is 4.74 Å². The van der Waals surface area contributed by atoms with Gasteiger partial charge in [-0.25, -0.2) is 0 Å². The Morgan fingerprint density at radius 1 is 1.50 bits per heavy atom. The first-order valence-corrected chi connectivity index (χ1v) is 6.52. The topological polar surface area (TPSA) is 34.1 Å². The SMILES string of the molecule is CCOC1CC(NCc2ccc(Br)cn2)C1. The van der Waals surface area contributed by atoms with Gasteiger partial charge in [0.2, 0.25) is 0 Å². The van der Waals surface area contributed by atoms with Gasteiger partial charge in [0.05, 0.1) is 11.8 Å². The summed E-state index contributed by atoms with van der Waals surface area (Å²) in [6, 6.07) is 4.66. The summed E-state index contributed by atoms with van der Waals surface area (Å²) in [5.74, 6) is 0. The number of nitrogens with one attached hydrogen (secondary N) is 1. The number of halogens is 1. The molecule has 1 aliphatic carbocycles. The third kappa shape index (κ3) is 3.27. The molecule has 3 nitrogen and oxygen atoms in total. The fourth-order valence-electron chi connectivity index (χ4n) is 1.86. The summed E-state index contributed by atoms with van der Waals surface area (Å²) >= 11 is 3.38. The van der Waals surface area contributed by atoms with Gasteiger partial charge in [-0.1, -0.05) is 0 Å². The molecule has 0 aromatic carbocycles. The number of pyridine rings is 1. The van der Waals surface area contributed by atoms with E-state index in [1.54, 1.807) is 0 Å². The molecule has 88 valence electrons. The van der Waals surface area contributed by atoms with Crippen molar-refractivity contribution in [2.45, 2.75) is 38.5 Å². The van der Waals surface area contributed by atoms with Crippen molar-refractivity contribution in [3.8, 4) is 0 Å². The van der Waals surface area contributed by atoms with Gasteiger partial charge in [0, 0.05) is 29.9 Å². The molecule has 0 spiro atoms. The Balaban J connectivity index is 1.67. The molecule has 1 aromatic heterocycles. The molecular weight excluding hydrogens is 268 g/mol. The highest BCUT2D eigenvalue weighted by atomic mass is 79.9. The Labute approximate surface area is 105 Å². The second-order valence-electron chi connectivity index (χ2n) is 4.09. The van der Waals surface area contributed by atoms with Crippen LogP contribution in [-0.4, -0.2) is 23.7 Å². The number of ether oxygens (including phenoxy) is 1. The standard InChI is InChI=1S/C12H17BrN2O/c1-2-16-12-5-11(6-12)15-8-10-4-3-9(13)7-14-10/h3-4,7,11-12,15H,2,5-6,8H2,1H3. The first kappa shape index (κ1) is 12.0. The molecule has 4 heteroatoms. The highest BCUT2D eigenvalue weighted by Gasteiger charge is 2.28. The van der Waals surface area contributed by atoms with Gasteiger partial charge < -0.3 is 10.1 Å². The quantitative estimate of drug-likeness (QED) is 0.902. The van der Waals surface area contributed by atoms with Crippen LogP contribution in [0.3, 0.4) is 0 Å². The van der Waals surface area contributed by atoms with Crippen LogP contribution in [-0.2, 0) is 11.3 Å². The Morgan fingerprint density at radius 3 is 2.94 bits per heavy atom. The van der Waals surface area contributed by atoms with Crippen LogP contribution in [0.5, 0.6) is 0 Å². The van der Waals surface area contributed by atoms with Crippen molar-refractivity contribution in [2.24, 2.45) is 0 Å². The summed E-state index contributed by atoms with van der Waals surface area (Å²) < 4.78 is 6.54. The fraction of sp³-hybridized carbons (Fsp3) is 0.583. The predicted molar refractivity (Wildman–Crippen MR) is 67.2 cm³/mol. The summed E-state index contributed by atoms with van der Waals surface area (Å²) in [4.78, 5) is 4.32. The van der Waals surface area contributed by atoms with Crippen LogP contribution in [0.1, 0.15) is 25.5 Å². The van der Waals surface area contributed by atoms with E-state index in [1.165, 1.54) is 0 Å². The molecule has 0 saturated heterocycles. The van der Waals surface area contributed by atoms with E-state index in [9.17, 15) is 0 Å². The normalized spacial score (nSPS) is 24.1. The van der Waals surface area contributed by atoms with E-state index in [2.05, 4.69) is 26.2 Å². The fourth-order valence-corrected chi connectivity index (χ4v) is 2.10. The van der Waals surface area contributed by atoms with Crippen LogP contribution in [0.2, 0.25) is 0 Å². The number of hydrogen-bond donors (Lipinski definition) is 1. The van der Waals surface area contributed by atoms with Gasteiger partial charge in [-0.2, -0.15) is 0 Å². The number of hydrogen-bond acceptors (Lipinski definition) is 3. The first-order chi connectivity index (χ1) is 7.78. The minimum Gasteiger partial charge on any atom is -0.378 e. The van der Waals surface area contributed by atoms with Crippen molar-refractivity contribution in [3.05, 3.63) is 28.5 Å². The zero-order valence-corrected chi connectivity index (χ0v) is 11.0. The molecule has 0 atom stereocenters. The van der Waals surface area contributed by atoms with E-state index < -0.39 is 0 Å². The van der Waals surface area contributed by atoms with E-state index >= 15 is 0 Å². The van der Waals surface area contributed by atoms with Crippen molar-refractivity contribution in [2.75, 3.05) is 6.61 Å². The van der Waals surface area contributed by atoms with Crippen molar-refractivity contribution < 1.29 is 4.74 Å². The number of rotatable bonds is 5. The van der Waals surface area contributed by atoms with Crippen LogP contribution in [0.4, 0.5) is 0 Å². The van der Waals surface area contributed by atoms with Gasteiger partial charge in [-0.05, 0) is 47.8 Å². The van der Waals surface area contributed by atoms with E-state index in [0.717, 1.165) is 36.2 Å². The Bertz CT molecular complexity index is 322. The third-order valence-electron chi connectivity index (χ3n) is 2.86.